The summed E-state index contributed by atoms with van der Waals surface area (Å²) in [4.78, 5) is 17.9. The van der Waals surface area contributed by atoms with Crippen LogP contribution in [0.25, 0.3) is 11.3 Å². The molecule has 0 radical (unpaired) electrons. The maximum absolute atomic E-state index is 12.8. The van der Waals surface area contributed by atoms with Gasteiger partial charge in [0, 0.05) is 18.0 Å². The van der Waals surface area contributed by atoms with Gasteiger partial charge in [0.1, 0.15) is 5.69 Å². The SMILES string of the molecule is O=C(O)c1ccccc1-c1nccnc1C(F)(F)F. The van der Waals surface area contributed by atoms with E-state index in [1.807, 2.05) is 0 Å². The number of hydrogen-bond acceptors (Lipinski definition) is 3. The lowest BCUT2D eigenvalue weighted by Crippen LogP contribution is -2.12. The Bertz CT molecular complexity index is 626. The summed E-state index contributed by atoms with van der Waals surface area (Å²) in [7, 11) is 0. The number of carboxylic acids is 1. The highest BCUT2D eigenvalue weighted by Crippen LogP contribution is 2.35. The molecule has 4 nitrogen and oxygen atoms in total. The van der Waals surface area contributed by atoms with Crippen LogP contribution in [-0.4, -0.2) is 21.0 Å². The van der Waals surface area contributed by atoms with Crippen molar-refractivity contribution in [2.75, 3.05) is 0 Å². The third-order valence-corrected chi connectivity index (χ3v) is 2.38. The van der Waals surface area contributed by atoms with Crippen molar-refractivity contribution >= 4 is 5.97 Å². The molecule has 1 aromatic carbocycles. The molecule has 0 amide bonds. The van der Waals surface area contributed by atoms with Crippen molar-refractivity contribution in [2.24, 2.45) is 0 Å². The third kappa shape index (κ3) is 2.54. The van der Waals surface area contributed by atoms with Crippen molar-refractivity contribution in [1.82, 2.24) is 9.97 Å². The normalized spacial score (nSPS) is 11.3. The lowest BCUT2D eigenvalue weighted by molar-refractivity contribution is -0.140. The number of aromatic nitrogens is 2. The smallest absolute Gasteiger partial charge is 0.435 e. The van der Waals surface area contributed by atoms with Gasteiger partial charge in [-0.25, -0.2) is 9.78 Å². The molecule has 7 heteroatoms. The molecule has 0 unspecified atom stereocenters. The van der Waals surface area contributed by atoms with Crippen LogP contribution >= 0.6 is 0 Å². The third-order valence-electron chi connectivity index (χ3n) is 2.38. The maximum Gasteiger partial charge on any atom is 0.435 e. The Morgan fingerprint density at radius 3 is 2.37 bits per heavy atom. The van der Waals surface area contributed by atoms with Crippen molar-refractivity contribution < 1.29 is 23.1 Å². The van der Waals surface area contributed by atoms with Crippen LogP contribution in [0.3, 0.4) is 0 Å². The van der Waals surface area contributed by atoms with E-state index in [1.165, 1.54) is 24.3 Å². The highest BCUT2D eigenvalue weighted by Gasteiger charge is 2.37. The molecule has 98 valence electrons. The van der Waals surface area contributed by atoms with Gasteiger partial charge in [-0.1, -0.05) is 18.2 Å². The zero-order chi connectivity index (χ0) is 14.0. The topological polar surface area (TPSA) is 63.1 Å². The van der Waals surface area contributed by atoms with Gasteiger partial charge in [0.05, 0.1) is 5.56 Å². The summed E-state index contributed by atoms with van der Waals surface area (Å²) < 4.78 is 38.5. The Morgan fingerprint density at radius 2 is 1.74 bits per heavy atom. The maximum atomic E-state index is 12.8. The van der Waals surface area contributed by atoms with Crippen LogP contribution in [0.5, 0.6) is 0 Å². The standard InChI is InChI=1S/C12H7F3N2O2/c13-12(14,15)10-9(16-5-6-17-10)7-3-1-2-4-8(7)11(18)19/h1-6H,(H,18,19). The molecule has 2 rings (SSSR count). The van der Waals surface area contributed by atoms with Crippen molar-refractivity contribution in [3.63, 3.8) is 0 Å². The van der Waals surface area contributed by atoms with E-state index in [9.17, 15) is 18.0 Å². The van der Waals surface area contributed by atoms with Crippen LogP contribution in [0, 0.1) is 0 Å². The minimum absolute atomic E-state index is 0.115. The highest BCUT2D eigenvalue weighted by molar-refractivity contribution is 5.95. The van der Waals surface area contributed by atoms with E-state index >= 15 is 0 Å². The second kappa shape index (κ2) is 4.68. The first-order chi connectivity index (χ1) is 8.91. The Labute approximate surface area is 105 Å². The molecule has 0 saturated heterocycles. The zero-order valence-electron chi connectivity index (χ0n) is 9.35. The Balaban J connectivity index is 2.70. The van der Waals surface area contributed by atoms with Crippen molar-refractivity contribution in [3.8, 4) is 11.3 Å². The first-order valence-electron chi connectivity index (χ1n) is 5.12. The average molecular weight is 268 g/mol. The van der Waals surface area contributed by atoms with Crippen LogP contribution in [0.15, 0.2) is 36.7 Å². The molecule has 0 saturated carbocycles. The molecule has 0 spiro atoms. The Hall–Kier alpha value is -2.44. The van der Waals surface area contributed by atoms with Gasteiger partial charge in [0.2, 0.25) is 0 Å². The van der Waals surface area contributed by atoms with Crippen LogP contribution in [0.1, 0.15) is 16.1 Å². The molecule has 1 heterocycles. The molecule has 2 aromatic rings. The van der Waals surface area contributed by atoms with Gasteiger partial charge in [0.25, 0.3) is 0 Å². The van der Waals surface area contributed by atoms with E-state index in [4.69, 9.17) is 5.11 Å². The number of hydrogen-bond donors (Lipinski definition) is 1. The number of aromatic carboxylic acids is 1. The molecule has 1 N–H and O–H groups in total. The summed E-state index contributed by atoms with van der Waals surface area (Å²) >= 11 is 0. The summed E-state index contributed by atoms with van der Waals surface area (Å²) in [6.45, 7) is 0. The van der Waals surface area contributed by atoms with Gasteiger partial charge in [0.15, 0.2) is 5.69 Å². The van der Waals surface area contributed by atoms with Crippen LogP contribution in [0.2, 0.25) is 0 Å². The number of carboxylic acid groups (broad SMARTS) is 1. The second-order valence-electron chi connectivity index (χ2n) is 3.60. The van der Waals surface area contributed by atoms with Gasteiger partial charge >= 0.3 is 12.1 Å². The van der Waals surface area contributed by atoms with E-state index in [0.29, 0.717) is 0 Å². The second-order valence-corrected chi connectivity index (χ2v) is 3.60. The number of rotatable bonds is 2. The molecule has 19 heavy (non-hydrogen) atoms. The monoisotopic (exact) mass is 268 g/mol. The van der Waals surface area contributed by atoms with E-state index in [-0.39, 0.29) is 11.1 Å². The average Bonchev–Trinajstić information content (AvgIpc) is 2.37. The number of halogens is 3. The fraction of sp³-hybridized carbons (Fsp3) is 0.0833. The van der Waals surface area contributed by atoms with Gasteiger partial charge in [-0.2, -0.15) is 13.2 Å². The van der Waals surface area contributed by atoms with Gasteiger partial charge in [-0.15, -0.1) is 0 Å². The van der Waals surface area contributed by atoms with Crippen molar-refractivity contribution in [3.05, 3.63) is 47.9 Å². The van der Waals surface area contributed by atoms with Gasteiger partial charge in [-0.3, -0.25) is 4.98 Å². The van der Waals surface area contributed by atoms with E-state index in [1.54, 1.807) is 0 Å². The van der Waals surface area contributed by atoms with E-state index < -0.39 is 23.5 Å². The van der Waals surface area contributed by atoms with E-state index in [0.717, 1.165) is 12.4 Å². The van der Waals surface area contributed by atoms with E-state index in [2.05, 4.69) is 9.97 Å². The molecular formula is C12H7F3N2O2. The molecule has 0 aliphatic rings. The molecule has 0 atom stereocenters. The fourth-order valence-electron chi connectivity index (χ4n) is 1.62. The lowest BCUT2D eigenvalue weighted by atomic mass is 10.0. The number of benzene rings is 1. The highest BCUT2D eigenvalue weighted by atomic mass is 19.4. The summed E-state index contributed by atoms with van der Waals surface area (Å²) in [5, 5.41) is 8.99. The number of carbonyl (C=O) groups is 1. The first-order valence-corrected chi connectivity index (χ1v) is 5.12. The zero-order valence-corrected chi connectivity index (χ0v) is 9.35. The van der Waals surface area contributed by atoms with Crippen LogP contribution in [0.4, 0.5) is 13.2 Å². The number of alkyl halides is 3. The van der Waals surface area contributed by atoms with Crippen LogP contribution in [-0.2, 0) is 6.18 Å². The lowest BCUT2D eigenvalue weighted by Gasteiger charge is -2.11. The molecule has 0 aliphatic carbocycles. The van der Waals surface area contributed by atoms with Gasteiger partial charge < -0.3 is 5.11 Å². The first kappa shape index (κ1) is 13.0. The summed E-state index contributed by atoms with van der Waals surface area (Å²) in [6, 6.07) is 5.35. The summed E-state index contributed by atoms with van der Waals surface area (Å²) in [6.07, 6.45) is -2.70. The largest absolute Gasteiger partial charge is 0.478 e. The summed E-state index contributed by atoms with van der Waals surface area (Å²) in [5.74, 6) is -1.32. The number of nitrogens with zero attached hydrogens (tertiary/aromatic N) is 2. The molecule has 0 aliphatic heterocycles. The predicted octanol–water partition coefficient (Wildman–Crippen LogP) is 2.86. The van der Waals surface area contributed by atoms with Gasteiger partial charge in [-0.05, 0) is 6.07 Å². The molecule has 0 fully saturated rings. The van der Waals surface area contributed by atoms with Crippen molar-refractivity contribution in [1.29, 1.82) is 0 Å². The quantitative estimate of drug-likeness (QED) is 0.909. The predicted molar refractivity (Wildman–Crippen MR) is 59.4 cm³/mol. The minimum atomic E-state index is -4.70. The minimum Gasteiger partial charge on any atom is -0.478 e. The van der Waals surface area contributed by atoms with Crippen molar-refractivity contribution in [2.45, 2.75) is 6.18 Å². The Kier molecular flexibility index (Phi) is 3.20. The van der Waals surface area contributed by atoms with Crippen LogP contribution < -0.4 is 0 Å². The fourth-order valence-corrected chi connectivity index (χ4v) is 1.62. The molecular weight excluding hydrogens is 261 g/mol. The molecule has 1 aromatic heterocycles. The Morgan fingerprint density at radius 1 is 1.11 bits per heavy atom. The molecule has 0 bridgehead atoms. The summed E-state index contributed by atoms with van der Waals surface area (Å²) in [5.41, 5.74) is -2.07.